The molecule has 172 valence electrons. The molecule has 2 aliphatic heterocycles. The van der Waals surface area contributed by atoms with Crippen LogP contribution in [0.3, 0.4) is 0 Å². The molecule has 9 heteroatoms. The zero-order valence-corrected chi connectivity index (χ0v) is 20.2. The number of rotatable bonds is 3. The number of anilines is 1. The molecule has 0 unspecified atom stereocenters. The SMILES string of the molecule is CCOC(=O)C1=C(C)N=c2s/c(=C3\C(=O)N(C)c4ccccc43)c(=O)n2[C@H]1c1ccc(Cl)cc1. The first kappa shape index (κ1) is 22.3. The van der Waals surface area contributed by atoms with Gasteiger partial charge in [0.1, 0.15) is 4.53 Å². The third-order valence-electron chi connectivity index (χ3n) is 5.96. The summed E-state index contributed by atoms with van der Waals surface area (Å²) >= 11 is 7.24. The average Bonchev–Trinajstić information content (AvgIpc) is 3.26. The fourth-order valence-corrected chi connectivity index (χ4v) is 5.65. The van der Waals surface area contributed by atoms with Crippen LogP contribution >= 0.6 is 22.9 Å². The summed E-state index contributed by atoms with van der Waals surface area (Å²) in [6, 6.07) is 13.6. The van der Waals surface area contributed by atoms with Gasteiger partial charge in [0.25, 0.3) is 11.5 Å². The van der Waals surface area contributed by atoms with Crippen molar-refractivity contribution in [3.8, 4) is 0 Å². The van der Waals surface area contributed by atoms with Gasteiger partial charge in [0.05, 0.1) is 35.2 Å². The van der Waals surface area contributed by atoms with Gasteiger partial charge >= 0.3 is 5.97 Å². The minimum absolute atomic E-state index is 0.190. The van der Waals surface area contributed by atoms with Crippen molar-refractivity contribution in [2.75, 3.05) is 18.6 Å². The van der Waals surface area contributed by atoms with Crippen LogP contribution in [0.1, 0.15) is 31.0 Å². The zero-order chi connectivity index (χ0) is 24.1. The molecule has 0 bridgehead atoms. The summed E-state index contributed by atoms with van der Waals surface area (Å²) in [5.41, 5.74) is 2.84. The van der Waals surface area contributed by atoms with Crippen LogP contribution < -0.4 is 19.8 Å². The van der Waals surface area contributed by atoms with Crippen LogP contribution in [0, 0.1) is 0 Å². The number of para-hydroxylation sites is 1. The van der Waals surface area contributed by atoms with Gasteiger partial charge in [-0.2, -0.15) is 0 Å². The summed E-state index contributed by atoms with van der Waals surface area (Å²) in [4.78, 5) is 46.5. The Hall–Kier alpha value is -3.49. The van der Waals surface area contributed by atoms with Crippen molar-refractivity contribution in [2.24, 2.45) is 4.99 Å². The van der Waals surface area contributed by atoms with Crippen molar-refractivity contribution < 1.29 is 14.3 Å². The van der Waals surface area contributed by atoms with E-state index in [4.69, 9.17) is 16.3 Å². The van der Waals surface area contributed by atoms with Gasteiger partial charge in [0.15, 0.2) is 4.80 Å². The molecule has 5 rings (SSSR count). The lowest BCUT2D eigenvalue weighted by atomic mass is 9.96. The Balaban J connectivity index is 1.83. The van der Waals surface area contributed by atoms with E-state index in [0.717, 1.165) is 17.0 Å². The molecule has 0 N–H and O–H groups in total. The van der Waals surface area contributed by atoms with E-state index in [-0.39, 0.29) is 28.2 Å². The molecule has 3 heterocycles. The second-order valence-corrected chi connectivity index (χ2v) is 9.34. The number of aromatic nitrogens is 1. The highest BCUT2D eigenvalue weighted by Gasteiger charge is 2.36. The quantitative estimate of drug-likeness (QED) is 0.525. The monoisotopic (exact) mass is 493 g/mol. The molecule has 3 aromatic rings. The first-order chi connectivity index (χ1) is 16.3. The molecule has 0 fully saturated rings. The van der Waals surface area contributed by atoms with Gasteiger partial charge in [-0.3, -0.25) is 14.2 Å². The summed E-state index contributed by atoms with van der Waals surface area (Å²) in [6.45, 7) is 3.64. The highest BCUT2D eigenvalue weighted by Crippen LogP contribution is 2.34. The molecule has 0 saturated carbocycles. The second kappa shape index (κ2) is 8.38. The Morgan fingerprint density at radius 3 is 2.56 bits per heavy atom. The van der Waals surface area contributed by atoms with E-state index < -0.39 is 12.0 Å². The van der Waals surface area contributed by atoms with E-state index in [9.17, 15) is 14.4 Å². The number of fused-ring (bicyclic) bond motifs is 2. The number of carbonyl (C=O) groups is 2. The van der Waals surface area contributed by atoms with Crippen molar-refractivity contribution in [2.45, 2.75) is 19.9 Å². The molecule has 1 amide bonds. The number of hydrogen-bond acceptors (Lipinski definition) is 6. The van der Waals surface area contributed by atoms with Crippen LogP contribution in [0.5, 0.6) is 0 Å². The standard InChI is InChI=1S/C25H20ClN3O4S/c1-4-33-24(32)18-13(2)27-25-29(20(18)14-9-11-15(26)12-10-14)23(31)21(34-25)19-16-7-5-6-8-17(16)28(3)22(19)30/h5-12,20H,4H2,1-3H3/b21-19-/t20-/m0/s1. The first-order valence-electron chi connectivity index (χ1n) is 10.7. The smallest absolute Gasteiger partial charge is 0.338 e. The maximum Gasteiger partial charge on any atom is 0.338 e. The number of benzene rings is 2. The molecule has 7 nitrogen and oxygen atoms in total. The van der Waals surface area contributed by atoms with Gasteiger partial charge < -0.3 is 9.64 Å². The van der Waals surface area contributed by atoms with Gasteiger partial charge in [-0.1, -0.05) is 53.3 Å². The number of halogens is 1. The summed E-state index contributed by atoms with van der Waals surface area (Å²) in [5.74, 6) is -0.792. The van der Waals surface area contributed by atoms with Crippen molar-refractivity contribution in [3.05, 3.63) is 95.6 Å². The zero-order valence-electron chi connectivity index (χ0n) is 18.7. The molecule has 1 atom stereocenters. The maximum absolute atomic E-state index is 13.9. The lowest BCUT2D eigenvalue weighted by Gasteiger charge is -2.24. The maximum atomic E-state index is 13.9. The van der Waals surface area contributed by atoms with E-state index >= 15 is 0 Å². The van der Waals surface area contributed by atoms with E-state index in [1.807, 2.05) is 24.3 Å². The molecule has 1 aromatic heterocycles. The predicted molar refractivity (Wildman–Crippen MR) is 131 cm³/mol. The average molecular weight is 494 g/mol. The molecule has 2 aliphatic rings. The Morgan fingerprint density at radius 1 is 1.15 bits per heavy atom. The number of nitrogens with zero attached hydrogens (tertiary/aromatic N) is 3. The lowest BCUT2D eigenvalue weighted by Crippen LogP contribution is -2.40. The van der Waals surface area contributed by atoms with Gasteiger partial charge in [-0.05, 0) is 37.6 Å². The second-order valence-electron chi connectivity index (χ2n) is 7.93. The minimum atomic E-state index is -0.758. The number of allylic oxidation sites excluding steroid dienone is 1. The van der Waals surface area contributed by atoms with Crippen LogP contribution in [-0.2, 0) is 14.3 Å². The Kier molecular flexibility index (Phi) is 5.50. The molecule has 0 spiro atoms. The topological polar surface area (TPSA) is 81.0 Å². The van der Waals surface area contributed by atoms with Gasteiger partial charge in [0.2, 0.25) is 0 Å². The first-order valence-corrected chi connectivity index (χ1v) is 11.9. The van der Waals surface area contributed by atoms with Crippen LogP contribution in [0.15, 0.2) is 69.6 Å². The predicted octanol–water partition coefficient (Wildman–Crippen LogP) is 2.80. The number of amides is 1. The van der Waals surface area contributed by atoms with Crippen LogP contribution in [0.4, 0.5) is 5.69 Å². The molecular formula is C25H20ClN3O4S. The molecular weight excluding hydrogens is 474 g/mol. The van der Waals surface area contributed by atoms with Crippen molar-refractivity contribution >= 4 is 46.1 Å². The fraction of sp³-hybridized carbons (Fsp3) is 0.200. The van der Waals surface area contributed by atoms with Gasteiger partial charge in [-0.15, -0.1) is 0 Å². The fourth-order valence-electron chi connectivity index (χ4n) is 4.39. The third-order valence-corrected chi connectivity index (χ3v) is 7.26. The van der Waals surface area contributed by atoms with Gasteiger partial charge in [0, 0.05) is 17.6 Å². The largest absolute Gasteiger partial charge is 0.463 e. The number of thiazole rings is 1. The van der Waals surface area contributed by atoms with Gasteiger partial charge in [-0.25, -0.2) is 9.79 Å². The highest BCUT2D eigenvalue weighted by atomic mass is 35.5. The molecule has 0 radical (unpaired) electrons. The molecule has 2 aromatic carbocycles. The number of esters is 1. The van der Waals surface area contributed by atoms with Crippen molar-refractivity contribution in [1.82, 2.24) is 4.57 Å². The molecule has 34 heavy (non-hydrogen) atoms. The Morgan fingerprint density at radius 2 is 1.85 bits per heavy atom. The highest BCUT2D eigenvalue weighted by molar-refractivity contribution is 7.07. The summed E-state index contributed by atoms with van der Waals surface area (Å²) in [7, 11) is 1.69. The van der Waals surface area contributed by atoms with Crippen molar-refractivity contribution in [3.63, 3.8) is 0 Å². The van der Waals surface area contributed by atoms with E-state index in [1.54, 1.807) is 45.2 Å². The molecule has 0 aliphatic carbocycles. The van der Waals surface area contributed by atoms with Crippen LogP contribution in [0.2, 0.25) is 5.02 Å². The number of likely N-dealkylation sites (N-methyl/N-ethyl adjacent to an activating group) is 1. The summed E-state index contributed by atoms with van der Waals surface area (Å²) in [5, 5.41) is 0.535. The number of hydrogen-bond donors (Lipinski definition) is 0. The van der Waals surface area contributed by atoms with E-state index in [2.05, 4.69) is 4.99 Å². The molecule has 0 saturated heterocycles. The lowest BCUT2D eigenvalue weighted by molar-refractivity contribution is -0.139. The van der Waals surface area contributed by atoms with Crippen LogP contribution in [-0.4, -0.2) is 30.1 Å². The van der Waals surface area contributed by atoms with Crippen molar-refractivity contribution in [1.29, 1.82) is 0 Å². The third kappa shape index (κ3) is 3.33. The Labute approximate surface area is 203 Å². The number of ether oxygens (including phenoxy) is 1. The summed E-state index contributed by atoms with van der Waals surface area (Å²) < 4.78 is 7.07. The summed E-state index contributed by atoms with van der Waals surface area (Å²) in [6.07, 6.45) is 0. The van der Waals surface area contributed by atoms with E-state index in [1.165, 1.54) is 9.47 Å². The Bertz CT molecular complexity index is 1570. The van der Waals surface area contributed by atoms with E-state index in [0.29, 0.717) is 32.2 Å². The minimum Gasteiger partial charge on any atom is -0.463 e. The van der Waals surface area contributed by atoms with Crippen LogP contribution in [0.25, 0.3) is 5.57 Å². The normalized spacial score (nSPS) is 18.5. The number of carbonyl (C=O) groups excluding carboxylic acids is 2.